The van der Waals surface area contributed by atoms with E-state index in [4.69, 9.17) is 0 Å². The van der Waals surface area contributed by atoms with Crippen LogP contribution in [0.15, 0.2) is 41.0 Å². The first-order valence-electron chi connectivity index (χ1n) is 4.02. The van der Waals surface area contributed by atoms with Crippen LogP contribution in [0.2, 0.25) is 0 Å². The number of benzene rings is 1. The third kappa shape index (κ3) is 1.52. The van der Waals surface area contributed by atoms with Crippen LogP contribution in [-0.2, 0) is 7.05 Å². The first kappa shape index (κ1) is 8.51. The normalized spacial score (nSPS) is 10.3. The lowest BCUT2D eigenvalue weighted by atomic mass is 10.1. The first-order chi connectivity index (χ1) is 6.29. The Morgan fingerprint density at radius 2 is 1.92 bits per heavy atom. The maximum Gasteiger partial charge on any atom is 0.0821 e. The Hall–Kier alpha value is -1.09. The number of aromatic nitrogens is 2. The lowest BCUT2D eigenvalue weighted by Gasteiger charge is -2.01. The number of nitrogens with zero attached hydrogens (tertiary/aromatic N) is 2. The molecule has 13 heavy (non-hydrogen) atoms. The highest BCUT2D eigenvalue weighted by molar-refractivity contribution is 9.10. The summed E-state index contributed by atoms with van der Waals surface area (Å²) in [6, 6.07) is 10.2. The van der Waals surface area contributed by atoms with Gasteiger partial charge in [0, 0.05) is 12.6 Å². The fourth-order valence-corrected chi connectivity index (χ4v) is 1.91. The molecule has 0 amide bonds. The van der Waals surface area contributed by atoms with Gasteiger partial charge in [0.1, 0.15) is 0 Å². The molecule has 0 aliphatic rings. The summed E-state index contributed by atoms with van der Waals surface area (Å²) in [4.78, 5) is 0. The van der Waals surface area contributed by atoms with Crippen LogP contribution >= 0.6 is 15.9 Å². The zero-order valence-corrected chi connectivity index (χ0v) is 8.82. The maximum absolute atomic E-state index is 4.16. The third-order valence-corrected chi connectivity index (χ3v) is 2.52. The van der Waals surface area contributed by atoms with E-state index in [1.165, 1.54) is 5.56 Å². The molecule has 1 aromatic carbocycles. The van der Waals surface area contributed by atoms with Crippen molar-refractivity contribution in [3.8, 4) is 11.3 Å². The SMILES string of the molecule is Cn1ncc(Br)c1-c1ccccc1. The van der Waals surface area contributed by atoms with Gasteiger partial charge in [0.05, 0.1) is 16.4 Å². The van der Waals surface area contributed by atoms with E-state index in [0.717, 1.165) is 10.2 Å². The Morgan fingerprint density at radius 1 is 1.23 bits per heavy atom. The largest absolute Gasteiger partial charge is 0.267 e. The second-order valence-corrected chi connectivity index (χ2v) is 3.69. The molecule has 0 saturated heterocycles. The average molecular weight is 237 g/mol. The lowest BCUT2D eigenvalue weighted by Crippen LogP contribution is -1.93. The topological polar surface area (TPSA) is 17.8 Å². The van der Waals surface area contributed by atoms with Crippen molar-refractivity contribution in [2.45, 2.75) is 0 Å². The molecule has 2 aromatic rings. The smallest absolute Gasteiger partial charge is 0.0821 e. The van der Waals surface area contributed by atoms with Gasteiger partial charge in [-0.3, -0.25) is 4.68 Å². The highest BCUT2D eigenvalue weighted by Crippen LogP contribution is 2.26. The summed E-state index contributed by atoms with van der Waals surface area (Å²) in [6.45, 7) is 0. The van der Waals surface area contributed by atoms with E-state index in [2.05, 4.69) is 33.2 Å². The van der Waals surface area contributed by atoms with Crippen LogP contribution in [0.25, 0.3) is 11.3 Å². The van der Waals surface area contributed by atoms with Crippen molar-refractivity contribution in [2.75, 3.05) is 0 Å². The molecule has 0 bridgehead atoms. The summed E-state index contributed by atoms with van der Waals surface area (Å²) >= 11 is 3.47. The minimum atomic E-state index is 1.03. The highest BCUT2D eigenvalue weighted by Gasteiger charge is 2.06. The molecule has 2 nitrogen and oxygen atoms in total. The quantitative estimate of drug-likeness (QED) is 0.745. The van der Waals surface area contributed by atoms with Crippen molar-refractivity contribution < 1.29 is 0 Å². The molecule has 0 unspecified atom stereocenters. The van der Waals surface area contributed by atoms with Gasteiger partial charge in [-0.05, 0) is 15.9 Å². The van der Waals surface area contributed by atoms with Crippen molar-refractivity contribution in [1.82, 2.24) is 9.78 Å². The van der Waals surface area contributed by atoms with E-state index < -0.39 is 0 Å². The Kier molecular flexibility index (Phi) is 2.19. The third-order valence-electron chi connectivity index (χ3n) is 1.94. The van der Waals surface area contributed by atoms with Crippen LogP contribution in [0.5, 0.6) is 0 Å². The lowest BCUT2D eigenvalue weighted by molar-refractivity contribution is 0.776. The van der Waals surface area contributed by atoms with Crippen molar-refractivity contribution >= 4 is 15.9 Å². The van der Waals surface area contributed by atoms with Gasteiger partial charge in [0.25, 0.3) is 0 Å². The summed E-state index contributed by atoms with van der Waals surface area (Å²) in [5.74, 6) is 0. The van der Waals surface area contributed by atoms with E-state index in [1.807, 2.05) is 36.1 Å². The second-order valence-electron chi connectivity index (χ2n) is 2.83. The monoisotopic (exact) mass is 236 g/mol. The molecule has 0 saturated carbocycles. The van der Waals surface area contributed by atoms with Crippen LogP contribution in [0.4, 0.5) is 0 Å². The van der Waals surface area contributed by atoms with Crippen LogP contribution in [0.1, 0.15) is 0 Å². The first-order valence-corrected chi connectivity index (χ1v) is 4.81. The summed E-state index contributed by atoms with van der Waals surface area (Å²) in [5, 5.41) is 4.16. The second kappa shape index (κ2) is 3.34. The molecule has 1 aromatic heterocycles. The Labute approximate surface area is 85.3 Å². The zero-order valence-electron chi connectivity index (χ0n) is 7.24. The van der Waals surface area contributed by atoms with Gasteiger partial charge in [-0.25, -0.2) is 0 Å². The van der Waals surface area contributed by atoms with Crippen molar-refractivity contribution in [2.24, 2.45) is 7.05 Å². The summed E-state index contributed by atoms with van der Waals surface area (Å²) < 4.78 is 2.89. The van der Waals surface area contributed by atoms with Gasteiger partial charge >= 0.3 is 0 Å². The summed E-state index contributed by atoms with van der Waals surface area (Å²) in [6.07, 6.45) is 1.81. The van der Waals surface area contributed by atoms with Gasteiger partial charge in [-0.2, -0.15) is 5.10 Å². The summed E-state index contributed by atoms with van der Waals surface area (Å²) in [7, 11) is 1.94. The van der Waals surface area contributed by atoms with E-state index >= 15 is 0 Å². The van der Waals surface area contributed by atoms with Gasteiger partial charge < -0.3 is 0 Å². The van der Waals surface area contributed by atoms with Crippen LogP contribution in [0, 0.1) is 0 Å². The minimum Gasteiger partial charge on any atom is -0.267 e. The number of halogens is 1. The number of rotatable bonds is 1. The average Bonchev–Trinajstić information content (AvgIpc) is 2.48. The molecule has 0 N–H and O–H groups in total. The molecule has 2 rings (SSSR count). The van der Waals surface area contributed by atoms with Gasteiger partial charge in [-0.15, -0.1) is 0 Å². The maximum atomic E-state index is 4.16. The van der Waals surface area contributed by atoms with Gasteiger partial charge in [-0.1, -0.05) is 30.3 Å². The number of aryl methyl sites for hydroxylation is 1. The van der Waals surface area contributed by atoms with E-state index in [1.54, 1.807) is 0 Å². The van der Waals surface area contributed by atoms with Crippen molar-refractivity contribution in [3.63, 3.8) is 0 Å². The molecule has 0 fully saturated rings. The molecular formula is C10H9BrN2. The summed E-state index contributed by atoms with van der Waals surface area (Å²) in [5.41, 5.74) is 2.29. The Morgan fingerprint density at radius 3 is 2.46 bits per heavy atom. The fraction of sp³-hybridized carbons (Fsp3) is 0.100. The Balaban J connectivity index is 2.59. The highest BCUT2D eigenvalue weighted by atomic mass is 79.9. The Bertz CT molecular complexity index is 387. The molecule has 0 radical (unpaired) electrons. The van der Waals surface area contributed by atoms with Crippen LogP contribution < -0.4 is 0 Å². The number of hydrogen-bond donors (Lipinski definition) is 0. The molecule has 66 valence electrons. The van der Waals surface area contributed by atoms with E-state index in [0.29, 0.717) is 0 Å². The zero-order chi connectivity index (χ0) is 9.26. The standard InChI is InChI=1S/C10H9BrN2/c1-13-10(9(11)7-12-13)8-5-3-2-4-6-8/h2-7H,1H3. The molecule has 3 heteroatoms. The van der Waals surface area contributed by atoms with E-state index in [-0.39, 0.29) is 0 Å². The molecule has 0 aliphatic carbocycles. The van der Waals surface area contributed by atoms with Gasteiger partial charge in [0.15, 0.2) is 0 Å². The van der Waals surface area contributed by atoms with Crippen molar-refractivity contribution in [3.05, 3.63) is 41.0 Å². The molecule has 0 atom stereocenters. The predicted molar refractivity (Wildman–Crippen MR) is 56.3 cm³/mol. The predicted octanol–water partition coefficient (Wildman–Crippen LogP) is 2.85. The molecular weight excluding hydrogens is 228 g/mol. The van der Waals surface area contributed by atoms with Crippen molar-refractivity contribution in [1.29, 1.82) is 0 Å². The van der Waals surface area contributed by atoms with E-state index in [9.17, 15) is 0 Å². The molecule has 0 spiro atoms. The minimum absolute atomic E-state index is 1.03. The van der Waals surface area contributed by atoms with Crippen LogP contribution in [-0.4, -0.2) is 9.78 Å². The van der Waals surface area contributed by atoms with Gasteiger partial charge in [0.2, 0.25) is 0 Å². The van der Waals surface area contributed by atoms with Crippen LogP contribution in [0.3, 0.4) is 0 Å². The molecule has 1 heterocycles. The fourth-order valence-electron chi connectivity index (χ4n) is 1.33. The number of hydrogen-bond acceptors (Lipinski definition) is 1. The molecule has 0 aliphatic heterocycles.